The van der Waals surface area contributed by atoms with E-state index in [4.69, 9.17) is 9.47 Å². The first-order valence-electron chi connectivity index (χ1n) is 9.74. The lowest BCUT2D eigenvalue weighted by Gasteiger charge is -2.27. The van der Waals surface area contributed by atoms with E-state index in [9.17, 15) is 5.11 Å². The SMILES string of the molecule is CCCCCCCCCCCC(CCO)OC1CCCCO1. The van der Waals surface area contributed by atoms with Gasteiger partial charge in [-0.15, -0.1) is 0 Å². The zero-order chi connectivity index (χ0) is 15.9. The number of aliphatic hydroxyl groups excluding tert-OH is 1. The van der Waals surface area contributed by atoms with Crippen LogP contribution >= 0.6 is 0 Å². The molecule has 0 bridgehead atoms. The Morgan fingerprint density at radius 2 is 1.64 bits per heavy atom. The van der Waals surface area contributed by atoms with Gasteiger partial charge < -0.3 is 14.6 Å². The highest BCUT2D eigenvalue weighted by atomic mass is 16.7. The summed E-state index contributed by atoms with van der Waals surface area (Å²) in [6, 6.07) is 0. The van der Waals surface area contributed by atoms with E-state index in [1.54, 1.807) is 0 Å². The Morgan fingerprint density at radius 3 is 2.23 bits per heavy atom. The molecule has 2 atom stereocenters. The largest absolute Gasteiger partial charge is 0.396 e. The van der Waals surface area contributed by atoms with Crippen molar-refractivity contribution >= 4 is 0 Å². The molecule has 1 fully saturated rings. The Morgan fingerprint density at radius 1 is 0.955 bits per heavy atom. The first kappa shape index (κ1) is 19.9. The van der Waals surface area contributed by atoms with E-state index >= 15 is 0 Å². The van der Waals surface area contributed by atoms with Gasteiger partial charge in [-0.1, -0.05) is 64.7 Å². The average molecular weight is 315 g/mol. The van der Waals surface area contributed by atoms with Crippen molar-refractivity contribution in [2.75, 3.05) is 13.2 Å². The highest BCUT2D eigenvalue weighted by Crippen LogP contribution is 2.20. The molecule has 1 aliphatic heterocycles. The van der Waals surface area contributed by atoms with Gasteiger partial charge in [-0.2, -0.15) is 0 Å². The molecule has 0 aromatic carbocycles. The lowest BCUT2D eigenvalue weighted by atomic mass is 10.0. The minimum atomic E-state index is -0.0242. The molecule has 0 amide bonds. The van der Waals surface area contributed by atoms with Gasteiger partial charge in [0, 0.05) is 13.2 Å². The number of aliphatic hydroxyl groups is 1. The number of unbranched alkanes of at least 4 members (excludes halogenated alkanes) is 8. The zero-order valence-electron chi connectivity index (χ0n) is 14.7. The molecule has 1 N–H and O–H groups in total. The molecule has 1 rings (SSSR count). The summed E-state index contributed by atoms with van der Waals surface area (Å²) in [6.45, 7) is 3.31. The predicted molar refractivity (Wildman–Crippen MR) is 92.0 cm³/mol. The van der Waals surface area contributed by atoms with Crippen LogP contribution in [0.5, 0.6) is 0 Å². The summed E-state index contributed by atoms with van der Waals surface area (Å²) in [5.41, 5.74) is 0. The molecular formula is C19H38O3. The van der Waals surface area contributed by atoms with Crippen LogP contribution in [-0.2, 0) is 9.47 Å². The molecule has 1 aliphatic rings. The molecule has 3 heteroatoms. The molecule has 1 saturated heterocycles. The van der Waals surface area contributed by atoms with Crippen LogP contribution in [0.3, 0.4) is 0 Å². The first-order valence-corrected chi connectivity index (χ1v) is 9.74. The smallest absolute Gasteiger partial charge is 0.157 e. The second kappa shape index (κ2) is 14.5. The molecule has 0 aromatic rings. The number of hydrogen-bond acceptors (Lipinski definition) is 3. The van der Waals surface area contributed by atoms with Crippen molar-refractivity contribution in [3.63, 3.8) is 0 Å². The van der Waals surface area contributed by atoms with Gasteiger partial charge in [-0.3, -0.25) is 0 Å². The molecule has 2 unspecified atom stereocenters. The van der Waals surface area contributed by atoms with Crippen LogP contribution < -0.4 is 0 Å². The quantitative estimate of drug-likeness (QED) is 0.448. The standard InChI is InChI=1S/C19H38O3/c1-2-3-4-5-6-7-8-9-10-13-18(15-16-20)22-19-14-11-12-17-21-19/h18-20H,2-17H2,1H3. The summed E-state index contributed by atoms with van der Waals surface area (Å²) in [5, 5.41) is 9.19. The fraction of sp³-hybridized carbons (Fsp3) is 1.00. The fourth-order valence-corrected chi connectivity index (χ4v) is 3.14. The Balaban J connectivity index is 1.98. The molecule has 132 valence electrons. The second-order valence-electron chi connectivity index (χ2n) is 6.68. The number of ether oxygens (including phenoxy) is 2. The van der Waals surface area contributed by atoms with Crippen LogP contribution in [0, 0.1) is 0 Å². The summed E-state index contributed by atoms with van der Waals surface area (Å²) in [5.74, 6) is 0. The Kier molecular flexibility index (Phi) is 13.1. The normalized spacial score (nSPS) is 20.2. The van der Waals surface area contributed by atoms with Crippen LogP contribution in [0.2, 0.25) is 0 Å². The average Bonchev–Trinajstić information content (AvgIpc) is 2.54. The number of rotatable bonds is 14. The molecule has 3 nitrogen and oxygen atoms in total. The maximum atomic E-state index is 9.19. The fourth-order valence-electron chi connectivity index (χ4n) is 3.14. The summed E-state index contributed by atoms with van der Waals surface area (Å²) in [6.07, 6.45) is 17.5. The van der Waals surface area contributed by atoms with Crippen LogP contribution in [0.25, 0.3) is 0 Å². The molecule has 0 aromatic heterocycles. The summed E-state index contributed by atoms with van der Waals surface area (Å²) in [4.78, 5) is 0. The molecule has 0 spiro atoms. The van der Waals surface area contributed by atoms with E-state index < -0.39 is 0 Å². The van der Waals surface area contributed by atoms with Gasteiger partial charge in [-0.05, 0) is 32.1 Å². The molecular weight excluding hydrogens is 276 g/mol. The third-order valence-corrected chi connectivity index (χ3v) is 4.56. The van der Waals surface area contributed by atoms with E-state index in [-0.39, 0.29) is 19.0 Å². The topological polar surface area (TPSA) is 38.7 Å². The van der Waals surface area contributed by atoms with Crippen LogP contribution in [0.4, 0.5) is 0 Å². The van der Waals surface area contributed by atoms with Gasteiger partial charge in [0.2, 0.25) is 0 Å². The Labute approximate surface area is 137 Å². The van der Waals surface area contributed by atoms with Crippen LogP contribution in [0.15, 0.2) is 0 Å². The molecule has 0 radical (unpaired) electrons. The second-order valence-corrected chi connectivity index (χ2v) is 6.68. The van der Waals surface area contributed by atoms with Crippen molar-refractivity contribution in [1.29, 1.82) is 0 Å². The predicted octanol–water partition coefficient (Wildman–Crippen LogP) is 5.20. The zero-order valence-corrected chi connectivity index (χ0v) is 14.7. The maximum absolute atomic E-state index is 9.19. The minimum Gasteiger partial charge on any atom is -0.396 e. The van der Waals surface area contributed by atoms with Crippen LogP contribution in [0.1, 0.15) is 96.8 Å². The summed E-state index contributed by atoms with van der Waals surface area (Å²) in [7, 11) is 0. The molecule has 0 saturated carbocycles. The van der Waals surface area contributed by atoms with Gasteiger partial charge in [-0.25, -0.2) is 0 Å². The molecule has 0 aliphatic carbocycles. The monoisotopic (exact) mass is 314 g/mol. The van der Waals surface area contributed by atoms with E-state index in [0.717, 1.165) is 32.3 Å². The van der Waals surface area contributed by atoms with Crippen molar-refractivity contribution in [2.24, 2.45) is 0 Å². The van der Waals surface area contributed by atoms with Gasteiger partial charge in [0.25, 0.3) is 0 Å². The third kappa shape index (κ3) is 10.6. The van der Waals surface area contributed by atoms with Gasteiger partial charge in [0.1, 0.15) is 0 Å². The van der Waals surface area contributed by atoms with E-state index in [0.29, 0.717) is 0 Å². The van der Waals surface area contributed by atoms with E-state index in [1.807, 2.05) is 0 Å². The summed E-state index contributed by atoms with van der Waals surface area (Å²) < 4.78 is 11.7. The van der Waals surface area contributed by atoms with Crippen LogP contribution in [-0.4, -0.2) is 30.7 Å². The number of hydrogen-bond donors (Lipinski definition) is 1. The highest BCUT2D eigenvalue weighted by Gasteiger charge is 2.19. The van der Waals surface area contributed by atoms with E-state index in [2.05, 4.69) is 6.92 Å². The highest BCUT2D eigenvalue weighted by molar-refractivity contribution is 4.62. The van der Waals surface area contributed by atoms with E-state index in [1.165, 1.54) is 64.2 Å². The minimum absolute atomic E-state index is 0.0242. The van der Waals surface area contributed by atoms with Crippen molar-refractivity contribution in [2.45, 2.75) is 109 Å². The van der Waals surface area contributed by atoms with Gasteiger partial charge in [0.15, 0.2) is 6.29 Å². The molecule has 22 heavy (non-hydrogen) atoms. The lowest BCUT2D eigenvalue weighted by Crippen LogP contribution is -2.28. The first-order chi connectivity index (χ1) is 10.9. The van der Waals surface area contributed by atoms with Crippen molar-refractivity contribution in [1.82, 2.24) is 0 Å². The summed E-state index contributed by atoms with van der Waals surface area (Å²) >= 11 is 0. The van der Waals surface area contributed by atoms with Gasteiger partial charge in [0.05, 0.1) is 6.10 Å². The molecule has 1 heterocycles. The van der Waals surface area contributed by atoms with Gasteiger partial charge >= 0.3 is 0 Å². The maximum Gasteiger partial charge on any atom is 0.157 e. The van der Waals surface area contributed by atoms with Crippen molar-refractivity contribution < 1.29 is 14.6 Å². The van der Waals surface area contributed by atoms with Crippen molar-refractivity contribution in [3.8, 4) is 0 Å². The van der Waals surface area contributed by atoms with Crippen molar-refractivity contribution in [3.05, 3.63) is 0 Å². The Hall–Kier alpha value is -0.120. The Bertz CT molecular complexity index is 227. The lowest BCUT2D eigenvalue weighted by molar-refractivity contribution is -0.191. The third-order valence-electron chi connectivity index (χ3n) is 4.56.